The van der Waals surface area contributed by atoms with E-state index in [1.54, 1.807) is 11.3 Å². The van der Waals surface area contributed by atoms with E-state index in [0.717, 1.165) is 30.0 Å². The van der Waals surface area contributed by atoms with E-state index >= 15 is 0 Å². The lowest BCUT2D eigenvalue weighted by molar-refractivity contribution is -0.131. The smallest absolute Gasteiger partial charge is 0.223 e. The molecule has 1 N–H and O–H groups in total. The quantitative estimate of drug-likeness (QED) is 0.842. The Morgan fingerprint density at radius 3 is 2.83 bits per heavy atom. The molecule has 0 unspecified atom stereocenters. The summed E-state index contributed by atoms with van der Waals surface area (Å²) in [6.45, 7) is 3.52. The first-order valence-corrected chi connectivity index (χ1v) is 8.14. The third kappa shape index (κ3) is 4.37. The summed E-state index contributed by atoms with van der Waals surface area (Å²) in [6, 6.07) is 2.12. The Bertz CT molecular complexity index is 388. The van der Waals surface area contributed by atoms with Crippen molar-refractivity contribution in [3.63, 3.8) is 0 Å². The number of thiophene rings is 1. The first-order chi connectivity index (χ1) is 8.75. The van der Waals surface area contributed by atoms with Crippen LogP contribution in [0.3, 0.4) is 0 Å². The molecule has 0 bridgehead atoms. The van der Waals surface area contributed by atoms with Crippen molar-refractivity contribution in [3.05, 3.63) is 20.8 Å². The highest BCUT2D eigenvalue weighted by atomic mass is 79.9. The molecule has 3 nitrogen and oxygen atoms in total. The van der Waals surface area contributed by atoms with Gasteiger partial charge in [0.05, 0.1) is 3.79 Å². The number of piperidine rings is 1. The molecule has 2 heterocycles. The largest absolute Gasteiger partial charge is 0.343 e. The van der Waals surface area contributed by atoms with Crippen molar-refractivity contribution in [2.75, 3.05) is 19.6 Å². The molecule has 100 valence electrons. The van der Waals surface area contributed by atoms with Crippen LogP contribution in [0.15, 0.2) is 15.2 Å². The highest BCUT2D eigenvalue weighted by Crippen LogP contribution is 2.20. The van der Waals surface area contributed by atoms with Crippen molar-refractivity contribution in [2.24, 2.45) is 0 Å². The molecule has 0 radical (unpaired) electrons. The molecular weight excluding hydrogens is 312 g/mol. The van der Waals surface area contributed by atoms with Crippen molar-refractivity contribution < 1.29 is 4.79 Å². The zero-order valence-corrected chi connectivity index (χ0v) is 12.9. The lowest BCUT2D eigenvalue weighted by Gasteiger charge is -2.26. The van der Waals surface area contributed by atoms with E-state index in [1.807, 2.05) is 4.90 Å². The summed E-state index contributed by atoms with van der Waals surface area (Å²) in [7, 11) is 0. The van der Waals surface area contributed by atoms with Crippen molar-refractivity contribution in [1.82, 2.24) is 10.2 Å². The molecule has 1 aromatic heterocycles. The van der Waals surface area contributed by atoms with E-state index in [4.69, 9.17) is 0 Å². The summed E-state index contributed by atoms with van der Waals surface area (Å²) in [4.78, 5) is 13.9. The van der Waals surface area contributed by atoms with Crippen LogP contribution in [0.25, 0.3) is 0 Å². The Balaban J connectivity index is 1.61. The minimum Gasteiger partial charge on any atom is -0.343 e. The van der Waals surface area contributed by atoms with E-state index in [9.17, 15) is 4.79 Å². The minimum atomic E-state index is 0.300. The molecule has 2 rings (SSSR count). The maximum Gasteiger partial charge on any atom is 0.223 e. The Morgan fingerprint density at radius 2 is 2.17 bits per heavy atom. The topological polar surface area (TPSA) is 32.3 Å². The number of hydrogen-bond acceptors (Lipinski definition) is 3. The maximum absolute atomic E-state index is 11.9. The predicted octanol–water partition coefficient (Wildman–Crippen LogP) is 3.00. The molecule has 0 aliphatic carbocycles. The molecular formula is C13H19BrN2OS. The van der Waals surface area contributed by atoms with Gasteiger partial charge < -0.3 is 10.2 Å². The van der Waals surface area contributed by atoms with Crippen molar-refractivity contribution in [1.29, 1.82) is 0 Å². The van der Waals surface area contributed by atoms with Crippen LogP contribution in [0, 0.1) is 0 Å². The molecule has 0 saturated carbocycles. The number of halogens is 1. The van der Waals surface area contributed by atoms with Gasteiger partial charge in [-0.05, 0) is 52.2 Å². The van der Waals surface area contributed by atoms with E-state index in [1.165, 1.54) is 24.8 Å². The first-order valence-electron chi connectivity index (χ1n) is 6.47. The summed E-state index contributed by atoms with van der Waals surface area (Å²) in [5.41, 5.74) is 1.28. The van der Waals surface area contributed by atoms with Crippen LogP contribution in [0.2, 0.25) is 0 Å². The zero-order chi connectivity index (χ0) is 12.8. The number of rotatable bonds is 5. The lowest BCUT2D eigenvalue weighted by Crippen LogP contribution is -2.37. The molecule has 0 aromatic carbocycles. The van der Waals surface area contributed by atoms with E-state index < -0.39 is 0 Å². The van der Waals surface area contributed by atoms with Crippen molar-refractivity contribution >= 4 is 33.2 Å². The molecule has 1 aromatic rings. The molecule has 18 heavy (non-hydrogen) atoms. The summed E-state index contributed by atoms with van der Waals surface area (Å²) in [6.07, 6.45) is 4.23. The van der Waals surface area contributed by atoms with Crippen LogP contribution in [-0.2, 0) is 11.3 Å². The van der Waals surface area contributed by atoms with Gasteiger partial charge in [-0.2, -0.15) is 0 Å². The molecule has 1 fully saturated rings. The van der Waals surface area contributed by atoms with E-state index in [-0.39, 0.29) is 0 Å². The second kappa shape index (κ2) is 7.26. The van der Waals surface area contributed by atoms with Gasteiger partial charge in [-0.3, -0.25) is 4.79 Å². The molecule has 0 atom stereocenters. The molecule has 0 spiro atoms. The van der Waals surface area contributed by atoms with Crippen LogP contribution in [0.1, 0.15) is 31.2 Å². The van der Waals surface area contributed by atoms with Crippen LogP contribution in [0.5, 0.6) is 0 Å². The fourth-order valence-electron chi connectivity index (χ4n) is 2.17. The van der Waals surface area contributed by atoms with Crippen LogP contribution in [-0.4, -0.2) is 30.4 Å². The minimum absolute atomic E-state index is 0.300. The third-order valence-corrected chi connectivity index (χ3v) is 4.73. The second-order valence-corrected chi connectivity index (χ2v) is 6.92. The number of hydrogen-bond donors (Lipinski definition) is 1. The molecule has 1 aliphatic rings. The highest BCUT2D eigenvalue weighted by Gasteiger charge is 2.15. The Kier molecular flexibility index (Phi) is 5.66. The first kappa shape index (κ1) is 14.0. The fraction of sp³-hybridized carbons (Fsp3) is 0.615. The normalized spacial score (nSPS) is 15.9. The van der Waals surface area contributed by atoms with Gasteiger partial charge in [-0.1, -0.05) is 0 Å². The summed E-state index contributed by atoms with van der Waals surface area (Å²) >= 11 is 5.14. The average Bonchev–Trinajstić information content (AvgIpc) is 2.81. The monoisotopic (exact) mass is 330 g/mol. The summed E-state index contributed by atoms with van der Waals surface area (Å²) < 4.78 is 1.16. The maximum atomic E-state index is 11.9. The number of likely N-dealkylation sites (tertiary alicyclic amines) is 1. The number of nitrogens with one attached hydrogen (secondary N) is 1. The van der Waals surface area contributed by atoms with Gasteiger partial charge in [0, 0.05) is 32.6 Å². The van der Waals surface area contributed by atoms with E-state index in [0.29, 0.717) is 12.3 Å². The van der Waals surface area contributed by atoms with Crippen molar-refractivity contribution in [2.45, 2.75) is 32.2 Å². The van der Waals surface area contributed by atoms with Gasteiger partial charge in [0.2, 0.25) is 5.91 Å². The lowest BCUT2D eigenvalue weighted by atomic mass is 10.1. The Morgan fingerprint density at radius 1 is 1.39 bits per heavy atom. The molecule has 1 aliphatic heterocycles. The van der Waals surface area contributed by atoms with Crippen LogP contribution >= 0.6 is 27.3 Å². The summed E-state index contributed by atoms with van der Waals surface area (Å²) in [5, 5.41) is 5.45. The molecule has 1 amide bonds. The van der Waals surface area contributed by atoms with Crippen LogP contribution < -0.4 is 5.32 Å². The zero-order valence-electron chi connectivity index (χ0n) is 10.5. The van der Waals surface area contributed by atoms with Crippen molar-refractivity contribution in [3.8, 4) is 0 Å². The van der Waals surface area contributed by atoms with Gasteiger partial charge in [0.1, 0.15) is 0 Å². The predicted molar refractivity (Wildman–Crippen MR) is 78.8 cm³/mol. The van der Waals surface area contributed by atoms with Gasteiger partial charge in [0.15, 0.2) is 0 Å². The Hall–Kier alpha value is -0.390. The average molecular weight is 331 g/mol. The summed E-state index contributed by atoms with van der Waals surface area (Å²) in [5.74, 6) is 0.300. The Labute approximate surface area is 121 Å². The third-order valence-electron chi connectivity index (χ3n) is 3.18. The van der Waals surface area contributed by atoms with Gasteiger partial charge in [-0.25, -0.2) is 0 Å². The van der Waals surface area contributed by atoms with Gasteiger partial charge in [0.25, 0.3) is 0 Å². The molecule has 1 saturated heterocycles. The van der Waals surface area contributed by atoms with Gasteiger partial charge >= 0.3 is 0 Å². The molecule has 5 heteroatoms. The number of nitrogens with zero attached hydrogens (tertiary/aromatic N) is 1. The number of amides is 1. The highest BCUT2D eigenvalue weighted by molar-refractivity contribution is 9.11. The van der Waals surface area contributed by atoms with E-state index in [2.05, 4.69) is 32.7 Å². The fourth-order valence-corrected chi connectivity index (χ4v) is 3.38. The van der Waals surface area contributed by atoms with Crippen LogP contribution in [0.4, 0.5) is 0 Å². The van der Waals surface area contributed by atoms with Gasteiger partial charge in [-0.15, -0.1) is 11.3 Å². The standard InChI is InChI=1S/C13H19BrN2OS/c14-12-8-11(10-18-12)9-15-5-4-13(17)16-6-2-1-3-7-16/h8,10,15H,1-7,9H2. The number of carbonyl (C=O) groups excluding carboxylic acids is 1. The number of carbonyl (C=O) groups is 1. The SMILES string of the molecule is O=C(CCNCc1csc(Br)c1)N1CCCCC1. The second-order valence-electron chi connectivity index (χ2n) is 4.63.